The van der Waals surface area contributed by atoms with Crippen LogP contribution in [0.15, 0.2) is 24.5 Å². The third-order valence-electron chi connectivity index (χ3n) is 1.58. The van der Waals surface area contributed by atoms with Gasteiger partial charge in [-0.05, 0) is 30.5 Å². The van der Waals surface area contributed by atoms with Gasteiger partial charge in [-0.2, -0.15) is 0 Å². The highest BCUT2D eigenvalue weighted by Gasteiger charge is 1.89. The van der Waals surface area contributed by atoms with Crippen LogP contribution < -0.4 is 0 Å². The lowest BCUT2D eigenvalue weighted by molar-refractivity contribution is 1.10. The summed E-state index contributed by atoms with van der Waals surface area (Å²) >= 11 is 0. The van der Waals surface area contributed by atoms with E-state index in [0.29, 0.717) is 0 Å². The van der Waals surface area contributed by atoms with Gasteiger partial charge < -0.3 is 0 Å². The fourth-order valence-electron chi connectivity index (χ4n) is 0.985. The van der Waals surface area contributed by atoms with Crippen LogP contribution in [-0.2, 0) is 6.42 Å². The molecule has 1 heterocycles. The van der Waals surface area contributed by atoms with Crippen LogP contribution in [0, 0.1) is 0 Å². The number of rotatable bonds is 2. The van der Waals surface area contributed by atoms with Crippen LogP contribution in [0.2, 0.25) is 0 Å². The van der Waals surface area contributed by atoms with Crippen molar-refractivity contribution in [3.05, 3.63) is 35.7 Å². The number of hydrogen-bond acceptors (Lipinski definition) is 1. The highest BCUT2D eigenvalue weighted by atomic mass is 14.6. The lowest BCUT2D eigenvalue weighted by Gasteiger charge is -1.96. The largest absolute Gasteiger partial charge is 0.264 e. The molecule has 0 amide bonds. The summed E-state index contributed by atoms with van der Waals surface area (Å²) in [7, 11) is 0. The summed E-state index contributed by atoms with van der Waals surface area (Å²) in [5.74, 6) is 0. The van der Waals surface area contributed by atoms with E-state index in [1.54, 1.807) is 0 Å². The van der Waals surface area contributed by atoms with Crippen molar-refractivity contribution in [1.82, 2.24) is 4.98 Å². The van der Waals surface area contributed by atoms with Crippen LogP contribution in [0.25, 0.3) is 6.08 Å². The van der Waals surface area contributed by atoms with Crippen molar-refractivity contribution in [3.63, 3.8) is 0 Å². The SMILES string of the molecule is CC=Cc1cncc(CC)c1. The molecule has 0 aliphatic rings. The highest BCUT2D eigenvalue weighted by Crippen LogP contribution is 2.04. The number of aryl methyl sites for hydroxylation is 1. The number of nitrogens with zero attached hydrogens (tertiary/aromatic N) is 1. The molecule has 0 fully saturated rings. The summed E-state index contributed by atoms with van der Waals surface area (Å²) in [6.07, 6.45) is 8.92. The standard InChI is InChI=1S/C10H13N/c1-3-5-10-6-9(4-2)7-11-8-10/h3,5-8H,4H2,1-2H3. The molecule has 1 rings (SSSR count). The van der Waals surface area contributed by atoms with E-state index in [4.69, 9.17) is 0 Å². The van der Waals surface area contributed by atoms with Gasteiger partial charge in [-0.15, -0.1) is 0 Å². The van der Waals surface area contributed by atoms with E-state index in [-0.39, 0.29) is 0 Å². The number of allylic oxidation sites excluding steroid dienone is 1. The second kappa shape index (κ2) is 3.91. The molecular weight excluding hydrogens is 134 g/mol. The minimum absolute atomic E-state index is 1.05. The van der Waals surface area contributed by atoms with E-state index in [0.717, 1.165) is 6.42 Å². The van der Waals surface area contributed by atoms with Gasteiger partial charge in [-0.25, -0.2) is 0 Å². The summed E-state index contributed by atoms with van der Waals surface area (Å²) in [6.45, 7) is 4.15. The molecule has 0 bridgehead atoms. The molecule has 1 nitrogen and oxygen atoms in total. The summed E-state index contributed by atoms with van der Waals surface area (Å²) < 4.78 is 0. The molecule has 0 radical (unpaired) electrons. The first kappa shape index (κ1) is 7.99. The molecule has 1 aromatic heterocycles. The van der Waals surface area contributed by atoms with E-state index in [1.165, 1.54) is 11.1 Å². The second-order valence-electron chi connectivity index (χ2n) is 2.48. The van der Waals surface area contributed by atoms with Gasteiger partial charge in [0.2, 0.25) is 0 Å². The van der Waals surface area contributed by atoms with E-state index in [2.05, 4.69) is 24.1 Å². The fraction of sp³-hybridized carbons (Fsp3) is 0.300. The fourth-order valence-corrected chi connectivity index (χ4v) is 0.985. The second-order valence-corrected chi connectivity index (χ2v) is 2.48. The molecule has 0 N–H and O–H groups in total. The van der Waals surface area contributed by atoms with Gasteiger partial charge in [0.1, 0.15) is 0 Å². The molecule has 0 unspecified atom stereocenters. The summed E-state index contributed by atoms with van der Waals surface area (Å²) in [5.41, 5.74) is 2.48. The minimum atomic E-state index is 1.05. The monoisotopic (exact) mass is 147 g/mol. The maximum Gasteiger partial charge on any atom is 0.0340 e. The Kier molecular flexibility index (Phi) is 2.84. The third kappa shape index (κ3) is 2.19. The molecule has 0 saturated heterocycles. The minimum Gasteiger partial charge on any atom is -0.264 e. The van der Waals surface area contributed by atoms with Crippen molar-refractivity contribution in [2.24, 2.45) is 0 Å². The molecule has 11 heavy (non-hydrogen) atoms. The first-order chi connectivity index (χ1) is 5.36. The van der Waals surface area contributed by atoms with Gasteiger partial charge >= 0.3 is 0 Å². The zero-order chi connectivity index (χ0) is 8.10. The van der Waals surface area contributed by atoms with Crippen LogP contribution >= 0.6 is 0 Å². The average molecular weight is 147 g/mol. The smallest absolute Gasteiger partial charge is 0.0340 e. The maximum absolute atomic E-state index is 4.12. The van der Waals surface area contributed by atoms with Crippen molar-refractivity contribution >= 4 is 6.08 Å². The van der Waals surface area contributed by atoms with Crippen molar-refractivity contribution in [1.29, 1.82) is 0 Å². The van der Waals surface area contributed by atoms with Crippen molar-refractivity contribution in [2.45, 2.75) is 20.3 Å². The Hall–Kier alpha value is -1.11. The van der Waals surface area contributed by atoms with Gasteiger partial charge in [0.05, 0.1) is 0 Å². The number of hydrogen-bond donors (Lipinski definition) is 0. The molecule has 0 aliphatic heterocycles. The highest BCUT2D eigenvalue weighted by molar-refractivity contribution is 5.48. The molecule has 58 valence electrons. The first-order valence-corrected chi connectivity index (χ1v) is 3.93. The predicted molar refractivity (Wildman–Crippen MR) is 48.3 cm³/mol. The van der Waals surface area contributed by atoms with Crippen molar-refractivity contribution in [3.8, 4) is 0 Å². The van der Waals surface area contributed by atoms with Gasteiger partial charge in [0.15, 0.2) is 0 Å². The molecule has 0 spiro atoms. The summed E-state index contributed by atoms with van der Waals surface area (Å²) in [5, 5.41) is 0. The number of pyridine rings is 1. The Bertz CT molecular complexity index is 251. The van der Waals surface area contributed by atoms with Crippen molar-refractivity contribution < 1.29 is 0 Å². The average Bonchev–Trinajstić information content (AvgIpc) is 2.06. The summed E-state index contributed by atoms with van der Waals surface area (Å²) in [4.78, 5) is 4.12. The molecule has 1 heteroatoms. The van der Waals surface area contributed by atoms with Gasteiger partial charge in [0, 0.05) is 12.4 Å². The Morgan fingerprint density at radius 2 is 2.27 bits per heavy atom. The van der Waals surface area contributed by atoms with Crippen molar-refractivity contribution in [2.75, 3.05) is 0 Å². The molecule has 0 atom stereocenters. The topological polar surface area (TPSA) is 12.9 Å². The summed E-state index contributed by atoms with van der Waals surface area (Å²) in [6, 6.07) is 2.16. The van der Waals surface area contributed by atoms with Crippen LogP contribution in [-0.4, -0.2) is 4.98 Å². The molecule has 0 saturated carbocycles. The van der Waals surface area contributed by atoms with E-state index in [1.807, 2.05) is 25.4 Å². The molecule has 0 aromatic carbocycles. The van der Waals surface area contributed by atoms with Crippen LogP contribution in [0.3, 0.4) is 0 Å². The quantitative estimate of drug-likeness (QED) is 0.626. The number of aromatic nitrogens is 1. The Labute approximate surface area is 67.8 Å². The first-order valence-electron chi connectivity index (χ1n) is 3.93. The molecular formula is C10H13N. The Balaban J connectivity index is 2.91. The zero-order valence-electron chi connectivity index (χ0n) is 7.04. The maximum atomic E-state index is 4.12. The van der Waals surface area contributed by atoms with E-state index < -0.39 is 0 Å². The zero-order valence-corrected chi connectivity index (χ0v) is 7.04. The predicted octanol–water partition coefficient (Wildman–Crippen LogP) is 2.68. The van der Waals surface area contributed by atoms with Crippen LogP contribution in [0.4, 0.5) is 0 Å². The molecule has 0 aliphatic carbocycles. The van der Waals surface area contributed by atoms with Crippen LogP contribution in [0.5, 0.6) is 0 Å². The van der Waals surface area contributed by atoms with Gasteiger partial charge in [-0.1, -0.05) is 19.1 Å². The van der Waals surface area contributed by atoms with Crippen LogP contribution in [0.1, 0.15) is 25.0 Å². The normalized spacial score (nSPS) is 10.7. The van der Waals surface area contributed by atoms with E-state index in [9.17, 15) is 0 Å². The lowest BCUT2D eigenvalue weighted by Crippen LogP contribution is -1.83. The molecule has 1 aromatic rings. The van der Waals surface area contributed by atoms with Gasteiger partial charge in [-0.3, -0.25) is 4.98 Å². The van der Waals surface area contributed by atoms with Gasteiger partial charge in [0.25, 0.3) is 0 Å². The Morgan fingerprint density at radius 1 is 1.45 bits per heavy atom. The lowest BCUT2D eigenvalue weighted by atomic mass is 10.1. The Morgan fingerprint density at radius 3 is 2.91 bits per heavy atom. The van der Waals surface area contributed by atoms with E-state index >= 15 is 0 Å². The third-order valence-corrected chi connectivity index (χ3v) is 1.58.